The molecule has 0 aromatic heterocycles. The van der Waals surface area contributed by atoms with E-state index in [0.717, 1.165) is 17.5 Å². The van der Waals surface area contributed by atoms with Crippen molar-refractivity contribution in [3.05, 3.63) is 64.7 Å². The Balaban J connectivity index is 2.46. The third kappa shape index (κ3) is 7.88. The van der Waals surface area contributed by atoms with Crippen LogP contribution in [0.1, 0.15) is 68.8 Å². The number of hydrogen-bond acceptors (Lipinski definition) is 4. The van der Waals surface area contributed by atoms with Crippen molar-refractivity contribution < 1.29 is 19.1 Å². The summed E-state index contributed by atoms with van der Waals surface area (Å²) in [6.07, 6.45) is 6.54. The molecule has 0 aliphatic rings. The number of carbonyl (C=O) groups excluding carboxylic acids is 3. The van der Waals surface area contributed by atoms with Crippen molar-refractivity contribution >= 4 is 23.6 Å². The molecule has 0 heterocycles. The Kier molecular flexibility index (Phi) is 10.1. The highest BCUT2D eigenvalue weighted by Crippen LogP contribution is 2.28. The molecule has 0 fully saturated rings. The standard InChI is InChI=1S/C29H37N3O4/c1-8-10-18-32(24(33)19-30-28(35)36-29(5,6)7)26(23-17-12-11-16-22(23)9-2)27(34)31-25-20(3)14-13-15-21(25)4/h2,11-17,26H,8,10,18-19H2,1,3-7H3,(H,30,35)(H,31,34). The van der Waals surface area contributed by atoms with Crippen LogP contribution in [0.3, 0.4) is 0 Å². The van der Waals surface area contributed by atoms with Gasteiger partial charge in [0.2, 0.25) is 5.91 Å². The fraction of sp³-hybridized carbons (Fsp3) is 0.414. The van der Waals surface area contributed by atoms with Crippen LogP contribution >= 0.6 is 0 Å². The van der Waals surface area contributed by atoms with E-state index in [1.54, 1.807) is 45.0 Å². The van der Waals surface area contributed by atoms with E-state index in [2.05, 4.69) is 16.6 Å². The van der Waals surface area contributed by atoms with Crippen LogP contribution in [0.2, 0.25) is 0 Å². The van der Waals surface area contributed by atoms with Gasteiger partial charge in [0, 0.05) is 17.8 Å². The summed E-state index contributed by atoms with van der Waals surface area (Å²) in [5, 5.41) is 5.54. The maximum absolute atomic E-state index is 13.8. The Morgan fingerprint density at radius 2 is 1.69 bits per heavy atom. The van der Waals surface area contributed by atoms with Crippen molar-refractivity contribution in [2.45, 2.75) is 66.0 Å². The number of para-hydroxylation sites is 1. The predicted molar refractivity (Wildman–Crippen MR) is 143 cm³/mol. The van der Waals surface area contributed by atoms with E-state index in [1.807, 2.05) is 39.0 Å². The number of aryl methyl sites for hydroxylation is 2. The van der Waals surface area contributed by atoms with Crippen LogP contribution in [-0.2, 0) is 14.3 Å². The number of nitrogens with one attached hydrogen (secondary N) is 2. The average molecular weight is 492 g/mol. The van der Waals surface area contributed by atoms with Crippen molar-refractivity contribution in [1.29, 1.82) is 0 Å². The molecule has 0 saturated heterocycles. The molecule has 192 valence electrons. The van der Waals surface area contributed by atoms with Crippen LogP contribution in [-0.4, -0.2) is 41.5 Å². The van der Waals surface area contributed by atoms with Gasteiger partial charge < -0.3 is 20.3 Å². The topological polar surface area (TPSA) is 87.7 Å². The fourth-order valence-corrected chi connectivity index (χ4v) is 3.81. The van der Waals surface area contributed by atoms with Crippen LogP contribution < -0.4 is 10.6 Å². The first-order valence-corrected chi connectivity index (χ1v) is 12.2. The van der Waals surface area contributed by atoms with Gasteiger partial charge in [0.25, 0.3) is 5.91 Å². The van der Waals surface area contributed by atoms with Gasteiger partial charge in [-0.15, -0.1) is 6.42 Å². The lowest BCUT2D eigenvalue weighted by Crippen LogP contribution is -2.47. The van der Waals surface area contributed by atoms with Crippen molar-refractivity contribution in [1.82, 2.24) is 10.2 Å². The number of nitrogens with zero attached hydrogens (tertiary/aromatic N) is 1. The molecular weight excluding hydrogens is 454 g/mol. The summed E-state index contributed by atoms with van der Waals surface area (Å²) in [6.45, 7) is 11.1. The molecule has 2 N–H and O–H groups in total. The normalized spacial score (nSPS) is 11.7. The number of hydrogen-bond donors (Lipinski definition) is 2. The first kappa shape index (κ1) is 28.4. The number of anilines is 1. The highest BCUT2D eigenvalue weighted by Gasteiger charge is 2.33. The van der Waals surface area contributed by atoms with E-state index in [1.165, 1.54) is 4.90 Å². The molecule has 0 saturated carbocycles. The van der Waals surface area contributed by atoms with Gasteiger partial charge in [-0.3, -0.25) is 9.59 Å². The van der Waals surface area contributed by atoms with Crippen LogP contribution in [0.5, 0.6) is 0 Å². The van der Waals surface area contributed by atoms with Gasteiger partial charge in [0.15, 0.2) is 0 Å². The summed E-state index contributed by atoms with van der Waals surface area (Å²) < 4.78 is 5.26. The minimum absolute atomic E-state index is 0.315. The molecule has 2 aromatic rings. The number of ether oxygens (including phenoxy) is 1. The summed E-state index contributed by atoms with van der Waals surface area (Å²) in [6, 6.07) is 11.8. The van der Waals surface area contributed by atoms with E-state index < -0.39 is 23.6 Å². The molecule has 2 aromatic carbocycles. The minimum atomic E-state index is -0.990. The molecule has 7 nitrogen and oxygen atoms in total. The van der Waals surface area contributed by atoms with Crippen molar-refractivity contribution in [2.24, 2.45) is 0 Å². The Bertz CT molecular complexity index is 1110. The summed E-state index contributed by atoms with van der Waals surface area (Å²) >= 11 is 0. The summed E-state index contributed by atoms with van der Waals surface area (Å²) in [4.78, 5) is 40.9. The minimum Gasteiger partial charge on any atom is -0.444 e. The molecule has 7 heteroatoms. The van der Waals surface area contributed by atoms with Gasteiger partial charge in [-0.1, -0.05) is 55.7 Å². The van der Waals surface area contributed by atoms with E-state index >= 15 is 0 Å². The largest absolute Gasteiger partial charge is 0.444 e. The smallest absolute Gasteiger partial charge is 0.408 e. The van der Waals surface area contributed by atoms with Gasteiger partial charge in [-0.2, -0.15) is 0 Å². The first-order chi connectivity index (χ1) is 17.0. The van der Waals surface area contributed by atoms with Crippen LogP contribution in [0, 0.1) is 26.2 Å². The highest BCUT2D eigenvalue weighted by molar-refractivity contribution is 5.99. The molecule has 2 rings (SSSR count). The number of unbranched alkanes of at least 4 members (excludes halogenated alkanes) is 1. The second kappa shape index (κ2) is 12.8. The average Bonchev–Trinajstić information content (AvgIpc) is 2.81. The molecule has 3 amide bonds. The van der Waals surface area contributed by atoms with Crippen LogP contribution in [0.15, 0.2) is 42.5 Å². The maximum atomic E-state index is 13.8. The van der Waals surface area contributed by atoms with E-state index in [-0.39, 0.29) is 12.5 Å². The van der Waals surface area contributed by atoms with Crippen LogP contribution in [0.4, 0.5) is 10.5 Å². The zero-order chi connectivity index (χ0) is 26.9. The van der Waals surface area contributed by atoms with Gasteiger partial charge in [0.05, 0.1) is 0 Å². The predicted octanol–water partition coefficient (Wildman–Crippen LogP) is 5.12. The second-order valence-corrected chi connectivity index (χ2v) is 9.69. The zero-order valence-corrected chi connectivity index (χ0v) is 22.1. The number of benzene rings is 2. The molecule has 36 heavy (non-hydrogen) atoms. The lowest BCUT2D eigenvalue weighted by molar-refractivity contribution is -0.138. The molecule has 1 unspecified atom stereocenters. The number of alkyl carbamates (subject to hydrolysis) is 1. The third-order valence-electron chi connectivity index (χ3n) is 5.56. The lowest BCUT2D eigenvalue weighted by atomic mass is 9.97. The van der Waals surface area contributed by atoms with Crippen molar-refractivity contribution in [3.63, 3.8) is 0 Å². The SMILES string of the molecule is C#Cc1ccccc1C(C(=O)Nc1c(C)cccc1C)N(CCCC)C(=O)CNC(=O)OC(C)(C)C. The second-order valence-electron chi connectivity index (χ2n) is 9.69. The monoisotopic (exact) mass is 491 g/mol. The molecule has 0 radical (unpaired) electrons. The molecule has 0 aliphatic heterocycles. The summed E-state index contributed by atoms with van der Waals surface area (Å²) in [7, 11) is 0. The summed E-state index contributed by atoms with van der Waals surface area (Å²) in [5.41, 5.74) is 2.88. The Morgan fingerprint density at radius 3 is 2.28 bits per heavy atom. The third-order valence-corrected chi connectivity index (χ3v) is 5.56. The fourth-order valence-electron chi connectivity index (χ4n) is 3.81. The Hall–Kier alpha value is -3.79. The molecule has 0 bridgehead atoms. The Labute approximate surface area is 214 Å². The Morgan fingerprint density at radius 1 is 1.06 bits per heavy atom. The quantitative estimate of drug-likeness (QED) is 0.477. The molecular formula is C29H37N3O4. The van der Waals surface area contributed by atoms with E-state index in [4.69, 9.17) is 11.2 Å². The number of amides is 3. The van der Waals surface area contributed by atoms with Gasteiger partial charge in [-0.05, 0) is 63.8 Å². The maximum Gasteiger partial charge on any atom is 0.408 e. The number of terminal acetylenes is 1. The van der Waals surface area contributed by atoms with Gasteiger partial charge >= 0.3 is 6.09 Å². The summed E-state index contributed by atoms with van der Waals surface area (Å²) in [5.74, 6) is 1.84. The van der Waals surface area contributed by atoms with E-state index in [0.29, 0.717) is 29.8 Å². The molecule has 0 aliphatic carbocycles. The van der Waals surface area contributed by atoms with Gasteiger partial charge in [0.1, 0.15) is 18.2 Å². The van der Waals surface area contributed by atoms with Crippen LogP contribution in [0.25, 0.3) is 0 Å². The number of rotatable bonds is 9. The first-order valence-electron chi connectivity index (χ1n) is 12.2. The van der Waals surface area contributed by atoms with Gasteiger partial charge in [-0.25, -0.2) is 4.79 Å². The van der Waals surface area contributed by atoms with Crippen molar-refractivity contribution in [3.8, 4) is 12.3 Å². The van der Waals surface area contributed by atoms with Crippen molar-refractivity contribution in [2.75, 3.05) is 18.4 Å². The molecule has 1 atom stereocenters. The number of carbonyl (C=O) groups is 3. The zero-order valence-electron chi connectivity index (χ0n) is 22.1. The highest BCUT2D eigenvalue weighted by atomic mass is 16.6. The lowest BCUT2D eigenvalue weighted by Gasteiger charge is -2.32. The molecule has 0 spiro atoms. The van der Waals surface area contributed by atoms with E-state index in [9.17, 15) is 14.4 Å².